The summed E-state index contributed by atoms with van der Waals surface area (Å²) in [7, 11) is -3.46. The third kappa shape index (κ3) is 4.71. The normalized spacial score (nSPS) is 13.7. The molecule has 0 unspecified atom stereocenters. The minimum Gasteiger partial charge on any atom is -0.383 e. The number of carbonyl (C=O) groups is 1. The first-order valence-corrected chi connectivity index (χ1v) is 12.6. The Kier molecular flexibility index (Phi) is 5.47. The van der Waals surface area contributed by atoms with Crippen LogP contribution in [0.1, 0.15) is 11.3 Å². The minimum absolute atomic E-state index is 0.0710. The summed E-state index contributed by atoms with van der Waals surface area (Å²) < 4.78 is 27.6. The lowest BCUT2D eigenvalue weighted by Gasteiger charge is -2.13. The predicted molar refractivity (Wildman–Crippen MR) is 133 cm³/mol. The van der Waals surface area contributed by atoms with Gasteiger partial charge in [-0.05, 0) is 30.0 Å². The van der Waals surface area contributed by atoms with Crippen LogP contribution in [0.3, 0.4) is 0 Å². The maximum atomic E-state index is 11.8. The molecule has 0 aromatic carbocycles. The molecule has 0 atom stereocenters. The lowest BCUT2D eigenvalue weighted by Crippen LogP contribution is -2.25. The van der Waals surface area contributed by atoms with Crippen LogP contribution in [0.25, 0.3) is 22.0 Å². The first-order chi connectivity index (χ1) is 16.7. The molecule has 1 amide bonds. The van der Waals surface area contributed by atoms with E-state index in [0.29, 0.717) is 52.5 Å². The van der Waals surface area contributed by atoms with Crippen molar-refractivity contribution in [2.45, 2.75) is 19.9 Å². The van der Waals surface area contributed by atoms with Crippen molar-refractivity contribution in [3.8, 4) is 11.3 Å². The van der Waals surface area contributed by atoms with Crippen LogP contribution < -0.4 is 21.1 Å². The number of amides is 1. The Balaban J connectivity index is 1.49. The number of nitrogen functional groups attached to an aromatic ring is 1. The topological polar surface area (TPSA) is 170 Å². The van der Waals surface area contributed by atoms with Crippen LogP contribution in [0.5, 0.6) is 0 Å². The van der Waals surface area contributed by atoms with Gasteiger partial charge in [0.15, 0.2) is 5.82 Å². The molecular weight excluding hydrogens is 470 g/mol. The average Bonchev–Trinajstić information content (AvgIpc) is 3.05. The average molecular weight is 494 g/mol. The number of rotatable bonds is 5. The van der Waals surface area contributed by atoms with E-state index in [9.17, 15) is 13.2 Å². The number of hydrogen-bond acceptors (Lipinski definition) is 9. The van der Waals surface area contributed by atoms with Gasteiger partial charge < -0.3 is 16.4 Å². The van der Waals surface area contributed by atoms with Gasteiger partial charge in [-0.1, -0.05) is 0 Å². The lowest BCUT2D eigenvalue weighted by atomic mass is 10.0. The maximum Gasteiger partial charge on any atom is 0.241 e. The van der Waals surface area contributed by atoms with Crippen molar-refractivity contribution in [3.05, 3.63) is 48.0 Å². The van der Waals surface area contributed by atoms with Crippen molar-refractivity contribution in [1.29, 1.82) is 0 Å². The molecule has 4 aromatic heterocycles. The molecule has 13 heteroatoms. The zero-order chi connectivity index (χ0) is 24.7. The number of fused-ring (bicyclic) bond motifs is 2. The highest BCUT2D eigenvalue weighted by atomic mass is 32.2. The summed E-state index contributed by atoms with van der Waals surface area (Å²) in [4.78, 5) is 24.9. The van der Waals surface area contributed by atoms with Gasteiger partial charge >= 0.3 is 0 Å². The number of nitrogens with one attached hydrogen (secondary N) is 3. The fraction of sp³-hybridized carbons (Fsp3) is 0.227. The Labute approximate surface area is 201 Å². The van der Waals surface area contributed by atoms with Gasteiger partial charge in [0, 0.05) is 48.1 Å². The Bertz CT molecular complexity index is 1580. The third-order valence-corrected chi connectivity index (χ3v) is 6.24. The van der Waals surface area contributed by atoms with Gasteiger partial charge in [-0.2, -0.15) is 5.10 Å². The molecule has 0 fully saturated rings. The van der Waals surface area contributed by atoms with E-state index in [1.807, 2.05) is 18.2 Å². The van der Waals surface area contributed by atoms with Gasteiger partial charge in [-0.3, -0.25) is 19.2 Å². The molecule has 1 aliphatic heterocycles. The molecule has 35 heavy (non-hydrogen) atoms. The second-order valence-corrected chi connectivity index (χ2v) is 10.1. The number of nitrogens with zero attached hydrogens (tertiary/aromatic N) is 5. The van der Waals surface area contributed by atoms with E-state index >= 15 is 0 Å². The van der Waals surface area contributed by atoms with Crippen molar-refractivity contribution in [1.82, 2.24) is 30.0 Å². The zero-order valence-corrected chi connectivity index (χ0v) is 19.8. The molecule has 5 N–H and O–H groups in total. The summed E-state index contributed by atoms with van der Waals surface area (Å²) in [5.74, 6) is 1.35. The van der Waals surface area contributed by atoms with Crippen LogP contribution in [0.2, 0.25) is 0 Å². The first-order valence-electron chi connectivity index (χ1n) is 10.8. The second kappa shape index (κ2) is 8.51. The van der Waals surface area contributed by atoms with Gasteiger partial charge in [0.25, 0.3) is 0 Å². The van der Waals surface area contributed by atoms with Crippen LogP contribution in [-0.4, -0.2) is 51.9 Å². The summed E-state index contributed by atoms with van der Waals surface area (Å²) in [5, 5.41) is 11.9. The van der Waals surface area contributed by atoms with Crippen molar-refractivity contribution >= 4 is 49.8 Å². The number of pyridine rings is 3. The third-order valence-electron chi connectivity index (χ3n) is 5.65. The summed E-state index contributed by atoms with van der Waals surface area (Å²) in [6, 6.07) is 5.57. The second-order valence-electron chi connectivity index (χ2n) is 8.32. The summed E-state index contributed by atoms with van der Waals surface area (Å²) in [5.41, 5.74) is 9.42. The Morgan fingerprint density at radius 2 is 1.97 bits per heavy atom. The van der Waals surface area contributed by atoms with Crippen molar-refractivity contribution in [2.24, 2.45) is 0 Å². The Hall–Kier alpha value is -4.26. The minimum atomic E-state index is -3.46. The summed E-state index contributed by atoms with van der Waals surface area (Å²) in [6.45, 7) is 2.53. The molecular formula is C22H23N9O3S. The molecule has 0 spiro atoms. The molecule has 0 bridgehead atoms. The standard InChI is InChI=1S/C22H23N9O3S/c1-12-15(8-24-10-18(12)30-35(2,33)34)17-5-13-6-19(26-9-16(13)22(23)27-17)28-20-7-14-3-4-25-21(32)11-31(14)29-20/h5-10,30H,3-4,11H2,1-2H3,(H2,23,27)(H,25,32)(H,26,28,29). The number of aromatic nitrogens is 5. The lowest BCUT2D eigenvalue weighted by molar-refractivity contribution is -0.121. The zero-order valence-electron chi connectivity index (χ0n) is 19.0. The van der Waals surface area contributed by atoms with Gasteiger partial charge in [0.1, 0.15) is 18.2 Å². The SMILES string of the molecule is Cc1c(NS(C)(=O)=O)cncc1-c1cc2cc(Nc3cc4n(n3)CC(=O)NCC4)ncc2c(N)n1. The fourth-order valence-corrected chi connectivity index (χ4v) is 4.58. The van der Waals surface area contributed by atoms with E-state index in [-0.39, 0.29) is 18.3 Å². The van der Waals surface area contributed by atoms with E-state index in [2.05, 4.69) is 35.4 Å². The van der Waals surface area contributed by atoms with E-state index in [1.54, 1.807) is 24.0 Å². The Morgan fingerprint density at radius 3 is 2.77 bits per heavy atom. The van der Waals surface area contributed by atoms with E-state index < -0.39 is 10.0 Å². The van der Waals surface area contributed by atoms with E-state index in [4.69, 9.17) is 5.73 Å². The van der Waals surface area contributed by atoms with Gasteiger partial charge in [0.05, 0.1) is 23.8 Å². The summed E-state index contributed by atoms with van der Waals surface area (Å²) >= 11 is 0. The molecule has 4 aromatic rings. The highest BCUT2D eigenvalue weighted by Gasteiger charge is 2.17. The van der Waals surface area contributed by atoms with Crippen LogP contribution in [0.4, 0.5) is 23.1 Å². The molecule has 5 heterocycles. The number of sulfonamides is 1. The van der Waals surface area contributed by atoms with Crippen LogP contribution in [0, 0.1) is 6.92 Å². The van der Waals surface area contributed by atoms with Crippen molar-refractivity contribution < 1.29 is 13.2 Å². The Morgan fingerprint density at radius 1 is 1.14 bits per heavy atom. The molecule has 0 aliphatic carbocycles. The van der Waals surface area contributed by atoms with Crippen LogP contribution >= 0.6 is 0 Å². The molecule has 180 valence electrons. The quantitative estimate of drug-likeness (QED) is 0.322. The van der Waals surface area contributed by atoms with Crippen molar-refractivity contribution in [2.75, 3.05) is 28.6 Å². The molecule has 1 aliphatic rings. The van der Waals surface area contributed by atoms with Crippen LogP contribution in [0.15, 0.2) is 36.8 Å². The highest BCUT2D eigenvalue weighted by Crippen LogP contribution is 2.31. The highest BCUT2D eigenvalue weighted by molar-refractivity contribution is 7.92. The molecule has 12 nitrogen and oxygen atoms in total. The van der Waals surface area contributed by atoms with E-state index in [1.165, 1.54) is 6.20 Å². The van der Waals surface area contributed by atoms with Gasteiger partial charge in [-0.15, -0.1) is 0 Å². The smallest absolute Gasteiger partial charge is 0.241 e. The van der Waals surface area contributed by atoms with Gasteiger partial charge in [0.2, 0.25) is 15.9 Å². The van der Waals surface area contributed by atoms with E-state index in [0.717, 1.165) is 17.3 Å². The maximum absolute atomic E-state index is 11.8. The van der Waals surface area contributed by atoms with Crippen molar-refractivity contribution in [3.63, 3.8) is 0 Å². The summed E-state index contributed by atoms with van der Waals surface area (Å²) in [6.07, 6.45) is 6.47. The molecule has 5 rings (SSSR count). The largest absolute Gasteiger partial charge is 0.383 e. The number of nitrogens with two attached hydrogens (primary N) is 1. The predicted octanol–water partition coefficient (Wildman–Crippen LogP) is 1.57. The molecule has 0 radical (unpaired) electrons. The number of carbonyl (C=O) groups excluding carboxylic acids is 1. The monoisotopic (exact) mass is 493 g/mol. The number of anilines is 4. The van der Waals surface area contributed by atoms with Gasteiger partial charge in [-0.25, -0.2) is 18.4 Å². The molecule has 0 saturated heterocycles. The first kappa shape index (κ1) is 22.5. The molecule has 0 saturated carbocycles. The number of hydrogen-bond donors (Lipinski definition) is 4. The van der Waals surface area contributed by atoms with Crippen LogP contribution in [-0.2, 0) is 27.8 Å². The fourth-order valence-electron chi connectivity index (χ4n) is 3.97.